The van der Waals surface area contributed by atoms with Crippen LogP contribution >= 0.6 is 12.6 Å². The lowest BCUT2D eigenvalue weighted by Crippen LogP contribution is -2.11. The molecule has 4 heteroatoms. The zero-order valence-corrected chi connectivity index (χ0v) is 6.52. The molecule has 0 bridgehead atoms. The zero-order valence-electron chi connectivity index (χ0n) is 5.63. The van der Waals surface area contributed by atoms with Crippen LogP contribution in [0.2, 0.25) is 0 Å². The highest BCUT2D eigenvalue weighted by Crippen LogP contribution is 1.87. The average Bonchev–Trinajstić information content (AvgIpc) is 1.79. The van der Waals surface area contributed by atoms with E-state index in [-0.39, 0.29) is 17.4 Å². The summed E-state index contributed by atoms with van der Waals surface area (Å²) in [6.45, 7) is 1.40. The molecule has 0 aliphatic carbocycles. The second kappa shape index (κ2) is 5.05. The van der Waals surface area contributed by atoms with E-state index in [4.69, 9.17) is 0 Å². The summed E-state index contributed by atoms with van der Waals surface area (Å²) in [5, 5.41) is 2.17. The summed E-state index contributed by atoms with van der Waals surface area (Å²) in [6.07, 6.45) is 3.20. The molecule has 0 aliphatic heterocycles. The maximum Gasteiger partial charge on any atom is 0.220 e. The van der Waals surface area contributed by atoms with Gasteiger partial charge in [-0.25, -0.2) is 0 Å². The van der Waals surface area contributed by atoms with Crippen molar-refractivity contribution < 1.29 is 9.59 Å². The Morgan fingerprint density at radius 1 is 1.60 bits per heavy atom. The average molecular weight is 159 g/mol. The number of hydrogen-bond acceptors (Lipinski definition) is 2. The van der Waals surface area contributed by atoms with Crippen LogP contribution < -0.4 is 5.32 Å². The summed E-state index contributed by atoms with van der Waals surface area (Å²) >= 11 is 3.52. The van der Waals surface area contributed by atoms with Crippen molar-refractivity contribution >= 4 is 23.7 Å². The van der Waals surface area contributed by atoms with Crippen molar-refractivity contribution in [2.75, 3.05) is 0 Å². The van der Waals surface area contributed by atoms with E-state index >= 15 is 0 Å². The summed E-state index contributed by atoms with van der Waals surface area (Å²) in [6, 6.07) is 0. The van der Waals surface area contributed by atoms with E-state index in [0.717, 1.165) is 0 Å². The molecule has 0 radical (unpaired) electrons. The van der Waals surface area contributed by atoms with Crippen LogP contribution in [0.15, 0.2) is 12.3 Å². The van der Waals surface area contributed by atoms with Crippen LogP contribution in [0.1, 0.15) is 13.3 Å². The molecular weight excluding hydrogens is 150 g/mol. The van der Waals surface area contributed by atoms with Gasteiger partial charge in [-0.1, -0.05) is 6.08 Å². The molecule has 0 aromatic carbocycles. The molecule has 1 amide bonds. The highest BCUT2D eigenvalue weighted by atomic mass is 32.1. The summed E-state index contributed by atoms with van der Waals surface area (Å²) in [5.41, 5.74) is 0. The fourth-order valence-electron chi connectivity index (χ4n) is 0.336. The molecule has 10 heavy (non-hydrogen) atoms. The lowest BCUT2D eigenvalue weighted by atomic mass is 10.4. The Morgan fingerprint density at radius 3 is 2.60 bits per heavy atom. The molecule has 56 valence electrons. The van der Waals surface area contributed by atoms with Crippen LogP contribution in [0.3, 0.4) is 0 Å². The van der Waals surface area contributed by atoms with Crippen LogP contribution in [-0.2, 0) is 9.59 Å². The van der Waals surface area contributed by atoms with Crippen molar-refractivity contribution in [1.82, 2.24) is 5.32 Å². The molecule has 0 aliphatic rings. The van der Waals surface area contributed by atoms with Gasteiger partial charge in [0.1, 0.15) is 0 Å². The molecule has 0 heterocycles. The fourth-order valence-corrected chi connectivity index (χ4v) is 0.441. The van der Waals surface area contributed by atoms with Gasteiger partial charge in [0, 0.05) is 19.5 Å². The van der Waals surface area contributed by atoms with Crippen LogP contribution in [0.5, 0.6) is 0 Å². The third-order valence-corrected chi connectivity index (χ3v) is 0.879. The van der Waals surface area contributed by atoms with Gasteiger partial charge in [0.25, 0.3) is 0 Å². The zero-order chi connectivity index (χ0) is 7.98. The minimum absolute atomic E-state index is 0.150. The Kier molecular flexibility index (Phi) is 4.66. The van der Waals surface area contributed by atoms with Crippen LogP contribution in [-0.4, -0.2) is 11.0 Å². The normalized spacial score (nSPS) is 9.80. The predicted molar refractivity (Wildman–Crippen MR) is 41.6 cm³/mol. The Hall–Kier alpha value is -0.770. The third-order valence-electron chi connectivity index (χ3n) is 0.697. The Bertz CT molecular complexity index is 147. The molecule has 0 saturated carbocycles. The molecule has 1 N–H and O–H groups in total. The summed E-state index contributed by atoms with van der Waals surface area (Å²) in [7, 11) is 0. The van der Waals surface area contributed by atoms with Gasteiger partial charge < -0.3 is 5.32 Å². The largest absolute Gasteiger partial charge is 0.333 e. The molecule has 0 atom stereocenters. The van der Waals surface area contributed by atoms with Gasteiger partial charge in [-0.05, 0) is 0 Å². The number of allylic oxidation sites excluding steroid dienone is 1. The molecule has 0 spiro atoms. The van der Waals surface area contributed by atoms with Crippen LogP contribution in [0, 0.1) is 0 Å². The van der Waals surface area contributed by atoms with Crippen molar-refractivity contribution in [2.24, 2.45) is 0 Å². The quantitative estimate of drug-likeness (QED) is 0.588. The number of amides is 1. The van der Waals surface area contributed by atoms with E-state index in [1.807, 2.05) is 0 Å². The molecule has 0 aromatic rings. The first kappa shape index (κ1) is 9.23. The van der Waals surface area contributed by atoms with E-state index < -0.39 is 0 Å². The first-order valence-electron chi connectivity index (χ1n) is 2.77. The maximum absolute atomic E-state index is 10.2. The van der Waals surface area contributed by atoms with Gasteiger partial charge in [-0.15, -0.1) is 12.6 Å². The fraction of sp³-hybridized carbons (Fsp3) is 0.333. The molecule has 0 unspecified atom stereocenters. The van der Waals surface area contributed by atoms with E-state index in [1.54, 1.807) is 0 Å². The van der Waals surface area contributed by atoms with E-state index in [9.17, 15) is 9.59 Å². The first-order chi connectivity index (χ1) is 4.63. The SMILES string of the molecule is CC(=O)N/C=C/CC(=O)S. The van der Waals surface area contributed by atoms with Crippen LogP contribution in [0.4, 0.5) is 0 Å². The smallest absolute Gasteiger partial charge is 0.220 e. The number of carbonyl (C=O) groups excluding carboxylic acids is 2. The first-order valence-corrected chi connectivity index (χ1v) is 3.21. The minimum Gasteiger partial charge on any atom is -0.333 e. The monoisotopic (exact) mass is 159 g/mol. The summed E-state index contributed by atoms with van der Waals surface area (Å²) in [5.74, 6) is -0.150. The van der Waals surface area contributed by atoms with E-state index in [2.05, 4.69) is 17.9 Å². The van der Waals surface area contributed by atoms with Crippen molar-refractivity contribution in [3.63, 3.8) is 0 Å². The lowest BCUT2D eigenvalue weighted by Gasteiger charge is -1.88. The van der Waals surface area contributed by atoms with Crippen molar-refractivity contribution in [3.8, 4) is 0 Å². The second-order valence-electron chi connectivity index (χ2n) is 1.70. The predicted octanol–water partition coefficient (Wildman–Crippen LogP) is 0.483. The number of rotatable bonds is 3. The van der Waals surface area contributed by atoms with Gasteiger partial charge in [-0.2, -0.15) is 0 Å². The Balaban J connectivity index is 3.38. The Morgan fingerprint density at radius 2 is 2.20 bits per heavy atom. The molecule has 0 saturated heterocycles. The molecular formula is C6H9NO2S. The maximum atomic E-state index is 10.2. The molecule has 0 fully saturated rings. The minimum atomic E-state index is -0.221. The van der Waals surface area contributed by atoms with E-state index in [1.165, 1.54) is 19.2 Å². The van der Waals surface area contributed by atoms with Crippen molar-refractivity contribution in [1.29, 1.82) is 0 Å². The molecule has 3 nitrogen and oxygen atoms in total. The highest BCUT2D eigenvalue weighted by Gasteiger charge is 1.86. The van der Waals surface area contributed by atoms with Gasteiger partial charge in [-0.3, -0.25) is 9.59 Å². The van der Waals surface area contributed by atoms with Gasteiger partial charge in [0.15, 0.2) is 5.12 Å². The number of hydrogen-bond donors (Lipinski definition) is 2. The standard InChI is InChI=1S/C6H9NO2S/c1-5(8)7-4-2-3-6(9)10/h2,4H,3H2,1H3,(H,7,8)(H,9,10)/b4-2+. The number of nitrogens with one attached hydrogen (secondary N) is 1. The highest BCUT2D eigenvalue weighted by molar-refractivity contribution is 7.96. The molecule has 0 aromatic heterocycles. The van der Waals surface area contributed by atoms with Crippen LogP contribution in [0.25, 0.3) is 0 Å². The topological polar surface area (TPSA) is 46.2 Å². The van der Waals surface area contributed by atoms with Gasteiger partial charge in [0.05, 0.1) is 0 Å². The number of carbonyl (C=O) groups is 2. The third kappa shape index (κ3) is 7.23. The van der Waals surface area contributed by atoms with Crippen molar-refractivity contribution in [2.45, 2.75) is 13.3 Å². The second-order valence-corrected chi connectivity index (χ2v) is 2.20. The number of thiol groups is 1. The van der Waals surface area contributed by atoms with E-state index in [0.29, 0.717) is 0 Å². The van der Waals surface area contributed by atoms with Gasteiger partial charge >= 0.3 is 0 Å². The Labute approximate surface area is 64.9 Å². The summed E-state index contributed by atoms with van der Waals surface area (Å²) in [4.78, 5) is 20.4. The molecule has 0 rings (SSSR count). The van der Waals surface area contributed by atoms with Crippen molar-refractivity contribution in [3.05, 3.63) is 12.3 Å². The summed E-state index contributed by atoms with van der Waals surface area (Å²) < 4.78 is 0. The lowest BCUT2D eigenvalue weighted by molar-refractivity contribution is -0.118. The van der Waals surface area contributed by atoms with Gasteiger partial charge in [0.2, 0.25) is 5.91 Å².